The van der Waals surface area contributed by atoms with Gasteiger partial charge in [-0.1, -0.05) is 45.8 Å². The molecule has 31 heavy (non-hydrogen) atoms. The first-order valence-electron chi connectivity index (χ1n) is 9.55. The number of benzene rings is 2. The van der Waals surface area contributed by atoms with E-state index in [1.165, 1.54) is 18.9 Å². The number of nitriles is 1. The van der Waals surface area contributed by atoms with E-state index in [9.17, 15) is 14.9 Å². The molecule has 0 aliphatic carbocycles. The maximum atomic E-state index is 12.8. The van der Waals surface area contributed by atoms with Crippen LogP contribution in [0.2, 0.25) is 0 Å². The molecule has 0 saturated heterocycles. The minimum Gasteiger partial charge on any atom is -0.493 e. The lowest BCUT2D eigenvalue weighted by molar-refractivity contribution is -0.150. The molecule has 0 fully saturated rings. The third-order valence-corrected chi connectivity index (χ3v) is 6.29. The second kappa shape index (κ2) is 10.5. The third-order valence-electron chi connectivity index (χ3n) is 4.81. The Morgan fingerprint density at radius 1 is 1.26 bits per heavy atom. The fourth-order valence-electron chi connectivity index (χ4n) is 3.32. The first-order chi connectivity index (χ1) is 14.9. The number of methoxy groups -OCH3 is 1. The Morgan fingerprint density at radius 3 is 2.65 bits per heavy atom. The number of ether oxygens (including phenoxy) is 2. The summed E-state index contributed by atoms with van der Waals surface area (Å²) < 4.78 is 11.4. The molecule has 0 bridgehead atoms. The molecule has 1 amide bonds. The van der Waals surface area contributed by atoms with Crippen molar-refractivity contribution in [2.24, 2.45) is 5.92 Å². The Kier molecular flexibility index (Phi) is 7.77. The molecule has 1 N–H and O–H groups in total. The van der Waals surface area contributed by atoms with E-state index in [-0.39, 0.29) is 0 Å². The molecule has 0 unspecified atom stereocenters. The monoisotopic (exact) mass is 500 g/mol. The molecule has 0 aromatic heterocycles. The zero-order chi connectivity index (χ0) is 22.4. The quantitative estimate of drug-likeness (QED) is 0.346. The number of halogens is 1. The maximum Gasteiger partial charge on any atom is 0.319 e. The molecule has 8 heteroatoms. The molecule has 2 atom stereocenters. The summed E-state index contributed by atoms with van der Waals surface area (Å²) >= 11 is 4.73. The number of hydrogen-bond donors (Lipinski definition) is 1. The summed E-state index contributed by atoms with van der Waals surface area (Å²) in [4.78, 5) is 25.2. The van der Waals surface area contributed by atoms with Crippen LogP contribution in [0, 0.1) is 24.2 Å². The van der Waals surface area contributed by atoms with Crippen LogP contribution in [0.1, 0.15) is 17.0 Å². The Labute approximate surface area is 193 Å². The van der Waals surface area contributed by atoms with Gasteiger partial charge in [-0.2, -0.15) is 5.26 Å². The van der Waals surface area contributed by atoms with Gasteiger partial charge in [0.2, 0.25) is 5.91 Å². The van der Waals surface area contributed by atoms with E-state index in [2.05, 4.69) is 27.3 Å². The average Bonchev–Trinajstić information content (AvgIpc) is 2.77. The van der Waals surface area contributed by atoms with Crippen LogP contribution in [0.3, 0.4) is 0 Å². The highest BCUT2D eigenvalue weighted by molar-refractivity contribution is 9.10. The van der Waals surface area contributed by atoms with Crippen molar-refractivity contribution in [1.29, 1.82) is 5.26 Å². The van der Waals surface area contributed by atoms with Gasteiger partial charge in [0.05, 0.1) is 30.4 Å². The van der Waals surface area contributed by atoms with Crippen molar-refractivity contribution in [3.63, 3.8) is 0 Å². The summed E-state index contributed by atoms with van der Waals surface area (Å²) in [5, 5.41) is 13.1. The highest BCUT2D eigenvalue weighted by Crippen LogP contribution is 2.40. The molecule has 1 heterocycles. The lowest BCUT2D eigenvalue weighted by atomic mass is 9.78. The molecule has 2 aromatic carbocycles. The van der Waals surface area contributed by atoms with E-state index in [1.807, 2.05) is 37.3 Å². The highest BCUT2D eigenvalue weighted by Gasteiger charge is 2.44. The second-order valence-electron chi connectivity index (χ2n) is 6.89. The van der Waals surface area contributed by atoms with Gasteiger partial charge in [0.1, 0.15) is 11.7 Å². The van der Waals surface area contributed by atoms with E-state index in [1.54, 1.807) is 18.2 Å². The van der Waals surface area contributed by atoms with Crippen LogP contribution < -0.4 is 10.1 Å². The molecule has 0 radical (unpaired) electrons. The van der Waals surface area contributed by atoms with E-state index < -0.39 is 23.7 Å². The topological polar surface area (TPSA) is 88.4 Å². The SMILES string of the molecule is COC(=O)[C@@H]1C(=O)NC(SCCOc2ccc(C)cc2)=C(C#N)[C@@H]1c1cccc(Br)c1. The minimum atomic E-state index is -1.14. The zero-order valence-electron chi connectivity index (χ0n) is 17.1. The first-order valence-corrected chi connectivity index (χ1v) is 11.3. The Balaban J connectivity index is 1.83. The van der Waals surface area contributed by atoms with E-state index in [0.29, 0.717) is 28.5 Å². The molecule has 2 aromatic rings. The van der Waals surface area contributed by atoms with Gasteiger partial charge in [-0.3, -0.25) is 9.59 Å². The highest BCUT2D eigenvalue weighted by atomic mass is 79.9. The van der Waals surface area contributed by atoms with Gasteiger partial charge in [0.25, 0.3) is 0 Å². The van der Waals surface area contributed by atoms with E-state index in [0.717, 1.165) is 15.8 Å². The van der Waals surface area contributed by atoms with Gasteiger partial charge in [-0.05, 0) is 36.8 Å². The number of amides is 1. The van der Waals surface area contributed by atoms with Gasteiger partial charge in [-0.15, -0.1) is 11.8 Å². The Morgan fingerprint density at radius 2 is 2.00 bits per heavy atom. The van der Waals surface area contributed by atoms with Gasteiger partial charge in [0.15, 0.2) is 0 Å². The fraction of sp³-hybridized carbons (Fsp3) is 0.261. The third kappa shape index (κ3) is 5.49. The molecule has 0 spiro atoms. The molecular formula is C23H21BrN2O4S. The van der Waals surface area contributed by atoms with Crippen molar-refractivity contribution in [3.8, 4) is 11.8 Å². The number of carbonyl (C=O) groups excluding carboxylic acids is 2. The molecule has 160 valence electrons. The number of nitrogens with one attached hydrogen (secondary N) is 1. The molecule has 1 aliphatic heterocycles. The molecule has 3 rings (SSSR count). The second-order valence-corrected chi connectivity index (χ2v) is 8.91. The summed E-state index contributed by atoms with van der Waals surface area (Å²) in [5.74, 6) is -1.76. The Bertz CT molecular complexity index is 1050. The van der Waals surface area contributed by atoms with Crippen molar-refractivity contribution in [2.45, 2.75) is 12.8 Å². The molecule has 0 saturated carbocycles. The van der Waals surface area contributed by atoms with Gasteiger partial charge >= 0.3 is 5.97 Å². The lowest BCUT2D eigenvalue weighted by Gasteiger charge is -2.31. The number of esters is 1. The van der Waals surface area contributed by atoms with Crippen LogP contribution in [0.25, 0.3) is 0 Å². The Hall–Kier alpha value is -2.76. The summed E-state index contributed by atoms with van der Waals surface area (Å²) in [7, 11) is 1.23. The van der Waals surface area contributed by atoms with Crippen molar-refractivity contribution in [2.75, 3.05) is 19.5 Å². The average molecular weight is 501 g/mol. The first kappa shape index (κ1) is 22.9. The maximum absolute atomic E-state index is 12.8. The number of nitrogens with zero attached hydrogens (tertiary/aromatic N) is 1. The van der Waals surface area contributed by atoms with Crippen molar-refractivity contribution < 1.29 is 19.1 Å². The van der Waals surface area contributed by atoms with Crippen LogP contribution in [-0.2, 0) is 14.3 Å². The predicted octanol–water partition coefficient (Wildman–Crippen LogP) is 4.31. The van der Waals surface area contributed by atoms with Crippen molar-refractivity contribution in [3.05, 3.63) is 74.7 Å². The summed E-state index contributed by atoms with van der Waals surface area (Å²) in [6.45, 7) is 2.40. The normalized spacial score (nSPS) is 18.2. The number of allylic oxidation sites excluding steroid dienone is 1. The van der Waals surface area contributed by atoms with Crippen LogP contribution in [0.4, 0.5) is 0 Å². The zero-order valence-corrected chi connectivity index (χ0v) is 19.5. The lowest BCUT2D eigenvalue weighted by Crippen LogP contribution is -2.44. The van der Waals surface area contributed by atoms with Gasteiger partial charge in [-0.25, -0.2) is 0 Å². The number of aryl methyl sites for hydroxylation is 1. The van der Waals surface area contributed by atoms with Crippen LogP contribution >= 0.6 is 27.7 Å². The predicted molar refractivity (Wildman–Crippen MR) is 122 cm³/mol. The number of rotatable bonds is 7. The summed E-state index contributed by atoms with van der Waals surface area (Å²) in [5.41, 5.74) is 2.16. The van der Waals surface area contributed by atoms with Gasteiger partial charge in [0, 0.05) is 16.1 Å². The number of carbonyl (C=O) groups is 2. The van der Waals surface area contributed by atoms with E-state index in [4.69, 9.17) is 9.47 Å². The summed E-state index contributed by atoms with van der Waals surface area (Å²) in [6.07, 6.45) is 0. The molecule has 6 nitrogen and oxygen atoms in total. The van der Waals surface area contributed by atoms with E-state index >= 15 is 0 Å². The minimum absolute atomic E-state index is 0.327. The standard InChI is InChI=1S/C23H21BrN2O4S/c1-14-6-8-17(9-7-14)30-10-11-31-22-18(13-25)19(15-4-3-5-16(24)12-15)20(21(27)26-22)23(28)29-2/h3-9,12,19-20H,10-11H2,1-2H3,(H,26,27)/t19-,20-/m0/s1. The number of thioether (sulfide) groups is 1. The van der Waals surface area contributed by atoms with Crippen LogP contribution in [-0.4, -0.2) is 31.3 Å². The van der Waals surface area contributed by atoms with Crippen molar-refractivity contribution in [1.82, 2.24) is 5.32 Å². The number of hydrogen-bond acceptors (Lipinski definition) is 6. The van der Waals surface area contributed by atoms with Crippen LogP contribution in [0.15, 0.2) is 63.6 Å². The largest absolute Gasteiger partial charge is 0.493 e. The smallest absolute Gasteiger partial charge is 0.319 e. The van der Waals surface area contributed by atoms with Gasteiger partial charge < -0.3 is 14.8 Å². The fourth-order valence-corrected chi connectivity index (χ4v) is 4.61. The molecular weight excluding hydrogens is 480 g/mol. The van der Waals surface area contributed by atoms with Crippen LogP contribution in [0.5, 0.6) is 5.75 Å². The van der Waals surface area contributed by atoms with Crippen molar-refractivity contribution >= 4 is 39.6 Å². The summed E-state index contributed by atoms with van der Waals surface area (Å²) in [6, 6.07) is 17.2. The molecule has 1 aliphatic rings.